The lowest BCUT2D eigenvalue weighted by atomic mass is 10.0. The number of aromatic nitrogens is 1. The highest BCUT2D eigenvalue weighted by molar-refractivity contribution is 5.70. The van der Waals surface area contributed by atoms with Gasteiger partial charge in [0.25, 0.3) is 0 Å². The van der Waals surface area contributed by atoms with Gasteiger partial charge >= 0.3 is 0 Å². The highest BCUT2D eigenvalue weighted by Crippen LogP contribution is 2.30. The Morgan fingerprint density at radius 3 is 2.79 bits per heavy atom. The van der Waals surface area contributed by atoms with Gasteiger partial charge in [-0.3, -0.25) is 0 Å². The van der Waals surface area contributed by atoms with Gasteiger partial charge in [-0.05, 0) is 12.5 Å². The van der Waals surface area contributed by atoms with Gasteiger partial charge in [-0.25, -0.2) is 0 Å². The van der Waals surface area contributed by atoms with Gasteiger partial charge in [-0.15, -0.1) is 0 Å². The number of hydrogen-bond acceptors (Lipinski definition) is 3. The monoisotopic (exact) mass is 189 g/mol. The van der Waals surface area contributed by atoms with Crippen LogP contribution in [-0.4, -0.2) is 10.3 Å². The van der Waals surface area contributed by atoms with Crippen molar-refractivity contribution >= 4 is 0 Å². The number of aromatic hydroxyl groups is 1. The molecule has 14 heavy (non-hydrogen) atoms. The molecule has 3 heteroatoms. The third-order valence-electron chi connectivity index (χ3n) is 2.17. The maximum atomic E-state index is 9.63. The van der Waals surface area contributed by atoms with Crippen molar-refractivity contribution in [3.8, 4) is 16.9 Å². The van der Waals surface area contributed by atoms with E-state index in [2.05, 4.69) is 5.16 Å². The lowest BCUT2D eigenvalue weighted by Gasteiger charge is -2.01. The zero-order valence-electron chi connectivity index (χ0n) is 7.90. The van der Waals surface area contributed by atoms with Gasteiger partial charge in [0.2, 0.25) is 0 Å². The minimum Gasteiger partial charge on any atom is -0.507 e. The molecule has 72 valence electrons. The molecule has 2 rings (SSSR count). The maximum absolute atomic E-state index is 9.63. The van der Waals surface area contributed by atoms with Crippen LogP contribution in [0.3, 0.4) is 0 Å². The first-order chi connectivity index (χ1) is 6.83. The van der Waals surface area contributed by atoms with Crippen LogP contribution in [0.1, 0.15) is 12.6 Å². The van der Waals surface area contributed by atoms with Gasteiger partial charge in [0.1, 0.15) is 12.0 Å². The molecule has 0 unspecified atom stereocenters. The van der Waals surface area contributed by atoms with Gasteiger partial charge < -0.3 is 9.63 Å². The van der Waals surface area contributed by atoms with E-state index in [4.69, 9.17) is 4.52 Å². The Bertz CT molecular complexity index is 434. The van der Waals surface area contributed by atoms with Gasteiger partial charge in [0.05, 0.1) is 5.69 Å². The molecule has 1 N–H and O–H groups in total. The van der Waals surface area contributed by atoms with E-state index in [9.17, 15) is 5.11 Å². The molecule has 0 saturated heterocycles. The Morgan fingerprint density at radius 1 is 1.29 bits per heavy atom. The van der Waals surface area contributed by atoms with E-state index >= 15 is 0 Å². The van der Waals surface area contributed by atoms with Crippen molar-refractivity contribution in [1.82, 2.24) is 5.16 Å². The second-order valence-electron chi connectivity index (χ2n) is 3.05. The number of nitrogens with zero attached hydrogens (tertiary/aromatic N) is 1. The van der Waals surface area contributed by atoms with Crippen LogP contribution < -0.4 is 0 Å². The summed E-state index contributed by atoms with van der Waals surface area (Å²) >= 11 is 0. The van der Waals surface area contributed by atoms with Crippen molar-refractivity contribution in [3.05, 3.63) is 36.2 Å². The molecule has 0 spiro atoms. The topological polar surface area (TPSA) is 46.3 Å². The fourth-order valence-electron chi connectivity index (χ4n) is 1.44. The second-order valence-corrected chi connectivity index (χ2v) is 3.05. The predicted octanol–water partition coefficient (Wildman–Crippen LogP) is 2.61. The molecular weight excluding hydrogens is 178 g/mol. The standard InChI is InChI=1S/C11H11NO2/c1-2-10-9(7-14-12-10)8-5-3-4-6-11(8)13/h3-7,13H,2H2,1H3. The second kappa shape index (κ2) is 3.54. The molecule has 0 amide bonds. The molecule has 1 heterocycles. The Morgan fingerprint density at radius 2 is 2.07 bits per heavy atom. The zero-order valence-corrected chi connectivity index (χ0v) is 7.90. The van der Waals surface area contributed by atoms with Crippen LogP contribution in [0.4, 0.5) is 0 Å². The Balaban J connectivity index is 2.54. The maximum Gasteiger partial charge on any atom is 0.132 e. The van der Waals surface area contributed by atoms with Crippen molar-refractivity contribution in [3.63, 3.8) is 0 Å². The number of hydrogen-bond donors (Lipinski definition) is 1. The lowest BCUT2D eigenvalue weighted by molar-refractivity contribution is 0.412. The zero-order chi connectivity index (χ0) is 9.97. The molecule has 0 fully saturated rings. The van der Waals surface area contributed by atoms with E-state index in [1.54, 1.807) is 18.4 Å². The number of benzene rings is 1. The summed E-state index contributed by atoms with van der Waals surface area (Å²) in [5.41, 5.74) is 2.50. The summed E-state index contributed by atoms with van der Waals surface area (Å²) in [6.45, 7) is 2.00. The highest BCUT2D eigenvalue weighted by Gasteiger charge is 2.10. The predicted molar refractivity (Wildman–Crippen MR) is 53.0 cm³/mol. The summed E-state index contributed by atoms with van der Waals surface area (Å²) in [6.07, 6.45) is 2.36. The summed E-state index contributed by atoms with van der Waals surface area (Å²) in [4.78, 5) is 0. The minimum absolute atomic E-state index is 0.255. The first-order valence-electron chi connectivity index (χ1n) is 4.54. The molecular formula is C11H11NO2. The molecule has 0 bridgehead atoms. The van der Waals surface area contributed by atoms with Crippen LogP contribution in [0.5, 0.6) is 5.75 Å². The number of rotatable bonds is 2. The Labute approximate surface area is 82.0 Å². The van der Waals surface area contributed by atoms with Crippen molar-refractivity contribution in [1.29, 1.82) is 0 Å². The molecule has 3 nitrogen and oxygen atoms in total. The molecule has 1 aromatic heterocycles. The molecule has 0 aliphatic heterocycles. The van der Waals surface area contributed by atoms with Crippen LogP contribution >= 0.6 is 0 Å². The highest BCUT2D eigenvalue weighted by atomic mass is 16.5. The molecule has 2 aromatic rings. The normalized spacial score (nSPS) is 10.4. The molecule has 0 radical (unpaired) electrons. The van der Waals surface area contributed by atoms with Gasteiger partial charge in [-0.2, -0.15) is 0 Å². The molecule has 0 aliphatic carbocycles. The van der Waals surface area contributed by atoms with E-state index in [1.807, 2.05) is 19.1 Å². The number of phenolic OH excluding ortho intramolecular Hbond substituents is 1. The van der Waals surface area contributed by atoms with Crippen LogP contribution in [0.15, 0.2) is 35.1 Å². The van der Waals surface area contributed by atoms with Crippen molar-refractivity contribution < 1.29 is 9.63 Å². The van der Waals surface area contributed by atoms with E-state index < -0.39 is 0 Å². The fraction of sp³-hybridized carbons (Fsp3) is 0.182. The largest absolute Gasteiger partial charge is 0.507 e. The average molecular weight is 189 g/mol. The van der Waals surface area contributed by atoms with Crippen LogP contribution in [-0.2, 0) is 6.42 Å². The first kappa shape index (κ1) is 8.81. The third-order valence-corrected chi connectivity index (χ3v) is 2.17. The van der Waals surface area contributed by atoms with Crippen molar-refractivity contribution in [2.75, 3.05) is 0 Å². The molecule has 0 aliphatic rings. The van der Waals surface area contributed by atoms with E-state index in [-0.39, 0.29) is 5.75 Å². The third kappa shape index (κ3) is 1.37. The van der Waals surface area contributed by atoms with Crippen LogP contribution in [0, 0.1) is 0 Å². The summed E-state index contributed by atoms with van der Waals surface area (Å²) in [5.74, 6) is 0.255. The summed E-state index contributed by atoms with van der Waals surface area (Å²) in [6, 6.07) is 7.17. The summed E-state index contributed by atoms with van der Waals surface area (Å²) in [5, 5.41) is 13.5. The molecule has 1 aromatic carbocycles. The van der Waals surface area contributed by atoms with Gasteiger partial charge in [0, 0.05) is 11.1 Å². The summed E-state index contributed by atoms with van der Waals surface area (Å²) < 4.78 is 4.88. The van der Waals surface area contributed by atoms with Crippen molar-refractivity contribution in [2.24, 2.45) is 0 Å². The van der Waals surface area contributed by atoms with Gasteiger partial charge in [-0.1, -0.05) is 30.3 Å². The average Bonchev–Trinajstić information content (AvgIpc) is 2.66. The number of phenols is 1. The van der Waals surface area contributed by atoms with Crippen LogP contribution in [0.2, 0.25) is 0 Å². The summed E-state index contributed by atoms with van der Waals surface area (Å²) in [7, 11) is 0. The molecule has 0 saturated carbocycles. The first-order valence-corrected chi connectivity index (χ1v) is 4.54. The Hall–Kier alpha value is -1.77. The smallest absolute Gasteiger partial charge is 0.132 e. The van der Waals surface area contributed by atoms with E-state index in [1.165, 1.54) is 0 Å². The molecule has 0 atom stereocenters. The van der Waals surface area contributed by atoms with Crippen LogP contribution in [0.25, 0.3) is 11.1 Å². The minimum atomic E-state index is 0.255. The van der Waals surface area contributed by atoms with Crippen molar-refractivity contribution in [2.45, 2.75) is 13.3 Å². The van der Waals surface area contributed by atoms with E-state index in [0.717, 1.165) is 23.2 Å². The van der Waals surface area contributed by atoms with E-state index in [0.29, 0.717) is 0 Å². The number of aryl methyl sites for hydroxylation is 1. The quantitative estimate of drug-likeness (QED) is 0.789. The van der Waals surface area contributed by atoms with Gasteiger partial charge in [0.15, 0.2) is 0 Å². The Kier molecular flexibility index (Phi) is 2.23. The SMILES string of the molecule is CCc1nocc1-c1ccccc1O. The fourth-order valence-corrected chi connectivity index (χ4v) is 1.44. The lowest BCUT2D eigenvalue weighted by Crippen LogP contribution is -1.84. The number of para-hydroxylation sites is 1.